The van der Waals surface area contributed by atoms with Crippen molar-refractivity contribution in [1.29, 1.82) is 0 Å². The van der Waals surface area contributed by atoms with E-state index in [1.54, 1.807) is 44.2 Å². The van der Waals surface area contributed by atoms with Gasteiger partial charge in [-0.2, -0.15) is 9.97 Å². The Labute approximate surface area is 259 Å². The molecule has 1 saturated carbocycles. The van der Waals surface area contributed by atoms with E-state index in [0.29, 0.717) is 22.7 Å². The number of imidazole rings is 1. The van der Waals surface area contributed by atoms with Crippen LogP contribution in [0.15, 0.2) is 36.7 Å². The number of carbonyl (C=O) groups is 1. The number of anilines is 1. The molecule has 1 aliphatic carbocycles. The van der Waals surface area contributed by atoms with E-state index in [1.165, 1.54) is 17.8 Å². The van der Waals surface area contributed by atoms with Gasteiger partial charge in [-0.1, -0.05) is 31.0 Å². The third-order valence-corrected chi connectivity index (χ3v) is 9.31. The minimum Gasteiger partial charge on any atom is -0.462 e. The number of fused-ring (bicyclic) bond motifs is 1. The average Bonchev–Trinajstić information content (AvgIpc) is 3.70. The van der Waals surface area contributed by atoms with Crippen molar-refractivity contribution in [2.24, 2.45) is 0 Å². The predicted octanol–water partition coefficient (Wildman–Crippen LogP) is 3.63. The number of para-hydroxylation sites is 1. The van der Waals surface area contributed by atoms with Gasteiger partial charge in [0.2, 0.25) is 5.28 Å². The van der Waals surface area contributed by atoms with Crippen LogP contribution in [-0.4, -0.2) is 85.2 Å². The van der Waals surface area contributed by atoms with E-state index >= 15 is 0 Å². The van der Waals surface area contributed by atoms with Crippen LogP contribution in [0.1, 0.15) is 52.7 Å². The highest BCUT2D eigenvalue weighted by molar-refractivity contribution is 7.57. The molecule has 5 rings (SSSR count). The number of aliphatic hydroxyl groups is 2. The van der Waals surface area contributed by atoms with E-state index in [1.807, 2.05) is 0 Å². The molecule has 44 heavy (non-hydrogen) atoms. The number of nitrogens with zero attached hydrogens (tertiary/aromatic N) is 4. The molecular formula is C28H38ClN6O8P. The van der Waals surface area contributed by atoms with Crippen LogP contribution in [0.3, 0.4) is 0 Å². The molecule has 2 aliphatic rings. The van der Waals surface area contributed by atoms with Crippen LogP contribution < -0.4 is 14.9 Å². The van der Waals surface area contributed by atoms with Crippen molar-refractivity contribution in [2.75, 3.05) is 18.3 Å². The van der Waals surface area contributed by atoms with Crippen molar-refractivity contribution < 1.29 is 38.3 Å². The maximum absolute atomic E-state index is 13.8. The number of halogens is 1. The summed E-state index contributed by atoms with van der Waals surface area (Å²) >= 11 is 6.24. The van der Waals surface area contributed by atoms with E-state index in [2.05, 4.69) is 25.4 Å². The zero-order valence-corrected chi connectivity index (χ0v) is 26.4. The third kappa shape index (κ3) is 7.68. The minimum absolute atomic E-state index is 0.000776. The third-order valence-electron chi connectivity index (χ3n) is 7.34. The smallest absolute Gasteiger partial charge is 0.342 e. The number of aliphatic hydroxyl groups excluding tert-OH is 2. The fourth-order valence-electron chi connectivity index (χ4n) is 5.25. The van der Waals surface area contributed by atoms with Crippen LogP contribution in [0.2, 0.25) is 5.28 Å². The second kappa shape index (κ2) is 14.1. The molecule has 0 amide bonds. The molecule has 6 atom stereocenters. The van der Waals surface area contributed by atoms with Crippen LogP contribution in [0.25, 0.3) is 11.2 Å². The second-order valence-corrected chi connectivity index (χ2v) is 13.6. The summed E-state index contributed by atoms with van der Waals surface area (Å²) in [5.74, 6) is 0.195. The first kappa shape index (κ1) is 32.6. The summed E-state index contributed by atoms with van der Waals surface area (Å²) in [5.41, 5.74) is 0.789. The Balaban J connectivity index is 1.27. The Morgan fingerprint density at radius 3 is 2.59 bits per heavy atom. The van der Waals surface area contributed by atoms with Gasteiger partial charge in [0.25, 0.3) is 0 Å². The number of esters is 1. The fourth-order valence-corrected chi connectivity index (χ4v) is 7.10. The summed E-state index contributed by atoms with van der Waals surface area (Å²) in [6.45, 7) is 4.68. The van der Waals surface area contributed by atoms with Gasteiger partial charge in [-0.15, -0.1) is 0 Å². The lowest BCUT2D eigenvalue weighted by Crippen LogP contribution is -2.37. The molecular weight excluding hydrogens is 615 g/mol. The van der Waals surface area contributed by atoms with Crippen LogP contribution in [0.5, 0.6) is 5.75 Å². The highest BCUT2D eigenvalue weighted by atomic mass is 35.5. The molecule has 0 radical (unpaired) electrons. The molecule has 4 N–H and O–H groups in total. The molecule has 1 aromatic carbocycles. The van der Waals surface area contributed by atoms with E-state index < -0.39 is 50.4 Å². The number of nitrogens with one attached hydrogen (secondary N) is 2. The van der Waals surface area contributed by atoms with E-state index in [-0.39, 0.29) is 24.0 Å². The summed E-state index contributed by atoms with van der Waals surface area (Å²) in [7, 11) is -3.83. The zero-order chi connectivity index (χ0) is 31.4. The van der Waals surface area contributed by atoms with Gasteiger partial charge >= 0.3 is 13.5 Å². The molecule has 2 fully saturated rings. The Morgan fingerprint density at radius 2 is 1.89 bits per heavy atom. The first-order valence-corrected chi connectivity index (χ1v) is 16.8. The van der Waals surface area contributed by atoms with Crippen LogP contribution >= 0.6 is 19.1 Å². The molecule has 14 nitrogen and oxygen atoms in total. The van der Waals surface area contributed by atoms with Gasteiger partial charge in [-0.3, -0.25) is 13.9 Å². The topological polar surface area (TPSA) is 179 Å². The fraction of sp³-hybridized carbons (Fsp3) is 0.571. The molecule has 2 aromatic heterocycles. The van der Waals surface area contributed by atoms with E-state index in [4.69, 9.17) is 30.3 Å². The van der Waals surface area contributed by atoms with Crippen molar-refractivity contribution >= 4 is 42.1 Å². The Bertz CT molecular complexity index is 1470. The lowest BCUT2D eigenvalue weighted by Gasteiger charge is -2.24. The van der Waals surface area contributed by atoms with Crippen molar-refractivity contribution in [2.45, 2.75) is 89.2 Å². The monoisotopic (exact) mass is 652 g/mol. The van der Waals surface area contributed by atoms with Crippen LogP contribution in [0, 0.1) is 0 Å². The summed E-state index contributed by atoms with van der Waals surface area (Å²) in [5, 5.41) is 27.9. The SMILES string of the molecule is CC(C)OC(=O)[C@@H](C)NP(=O)(COC[C@H]1O[C@@H](n2cnc3c(NC4CCCC4)nc(Cl)nc32)[C@H](O)[C@@H]1O)Oc1ccccc1. The summed E-state index contributed by atoms with van der Waals surface area (Å²) in [6.07, 6.45) is 0.123. The number of hydrogen-bond acceptors (Lipinski definition) is 12. The summed E-state index contributed by atoms with van der Waals surface area (Å²) in [6, 6.07) is 7.74. The maximum atomic E-state index is 13.8. The van der Waals surface area contributed by atoms with Gasteiger partial charge in [-0.05, 0) is 57.3 Å². The Kier molecular flexibility index (Phi) is 10.4. The number of hydrogen-bond donors (Lipinski definition) is 4. The second-order valence-electron chi connectivity index (χ2n) is 11.3. The number of benzene rings is 1. The molecule has 240 valence electrons. The van der Waals surface area contributed by atoms with Crippen LogP contribution in [0.4, 0.5) is 5.82 Å². The molecule has 3 aromatic rings. The van der Waals surface area contributed by atoms with Crippen molar-refractivity contribution in [1.82, 2.24) is 24.6 Å². The van der Waals surface area contributed by atoms with Crippen LogP contribution in [-0.2, 0) is 23.6 Å². The molecule has 1 saturated heterocycles. The lowest BCUT2D eigenvalue weighted by atomic mass is 10.1. The average molecular weight is 653 g/mol. The predicted molar refractivity (Wildman–Crippen MR) is 161 cm³/mol. The van der Waals surface area contributed by atoms with Crippen molar-refractivity contribution in [3.05, 3.63) is 41.9 Å². The number of aromatic nitrogens is 4. The molecule has 0 bridgehead atoms. The van der Waals surface area contributed by atoms with Gasteiger partial charge in [0.1, 0.15) is 36.5 Å². The number of ether oxygens (including phenoxy) is 3. The van der Waals surface area contributed by atoms with Crippen molar-refractivity contribution in [3.8, 4) is 5.75 Å². The highest BCUT2D eigenvalue weighted by Gasteiger charge is 2.45. The Morgan fingerprint density at radius 1 is 1.16 bits per heavy atom. The summed E-state index contributed by atoms with van der Waals surface area (Å²) in [4.78, 5) is 25.5. The number of rotatable bonds is 13. The number of carbonyl (C=O) groups excluding carboxylic acids is 1. The molecule has 0 spiro atoms. The van der Waals surface area contributed by atoms with Gasteiger partial charge in [0.05, 0.1) is 19.0 Å². The van der Waals surface area contributed by atoms with Gasteiger partial charge < -0.3 is 34.3 Å². The van der Waals surface area contributed by atoms with Gasteiger partial charge in [-0.25, -0.2) is 10.1 Å². The lowest BCUT2D eigenvalue weighted by molar-refractivity contribution is -0.149. The zero-order valence-electron chi connectivity index (χ0n) is 24.7. The first-order valence-electron chi connectivity index (χ1n) is 14.6. The standard InChI is InChI=1S/C28H38ClN6O8P/c1-16(2)41-27(38)17(3)34-44(39,43-19-11-5-4-6-12-19)15-40-13-20-22(36)23(37)26(42-20)35-14-30-21-24(31-18-9-7-8-10-18)32-28(29)33-25(21)35/h4-6,11-12,14,16-18,20,22-23,26,36-37H,7-10,13,15H2,1-3H3,(H,34,39)(H,31,32,33)/t17-,20-,22-,23-,26-,44?/m1/s1. The molecule has 3 heterocycles. The van der Waals surface area contributed by atoms with E-state index in [0.717, 1.165) is 25.7 Å². The molecule has 16 heteroatoms. The molecule has 1 unspecified atom stereocenters. The van der Waals surface area contributed by atoms with E-state index in [9.17, 15) is 19.6 Å². The molecule has 1 aliphatic heterocycles. The maximum Gasteiger partial charge on any atom is 0.342 e. The quantitative estimate of drug-likeness (QED) is 0.120. The minimum atomic E-state index is -3.83. The highest BCUT2D eigenvalue weighted by Crippen LogP contribution is 2.44. The largest absolute Gasteiger partial charge is 0.462 e. The van der Waals surface area contributed by atoms with Crippen molar-refractivity contribution in [3.63, 3.8) is 0 Å². The first-order chi connectivity index (χ1) is 21.0. The Hall–Kier alpha value is -2.84. The van der Waals surface area contributed by atoms with Gasteiger partial charge in [0.15, 0.2) is 23.2 Å². The normalized spacial score (nSPS) is 24.4. The van der Waals surface area contributed by atoms with Gasteiger partial charge in [0, 0.05) is 6.04 Å². The summed E-state index contributed by atoms with van der Waals surface area (Å²) < 4.78 is 38.0.